The zero-order valence-electron chi connectivity index (χ0n) is 16.8. The number of benzene rings is 2. The Morgan fingerprint density at radius 2 is 1.97 bits per heavy atom. The van der Waals surface area contributed by atoms with Crippen LogP contribution in [0.2, 0.25) is 0 Å². The van der Waals surface area contributed by atoms with Gasteiger partial charge in [0.25, 0.3) is 5.91 Å². The van der Waals surface area contributed by atoms with Crippen molar-refractivity contribution in [2.24, 2.45) is 0 Å². The van der Waals surface area contributed by atoms with Crippen molar-refractivity contribution in [3.05, 3.63) is 88.9 Å². The molecule has 30 heavy (non-hydrogen) atoms. The van der Waals surface area contributed by atoms with Crippen molar-refractivity contribution in [2.75, 3.05) is 12.4 Å². The summed E-state index contributed by atoms with van der Waals surface area (Å²) in [5.74, 6) is 0.744. The fourth-order valence-corrected chi connectivity index (χ4v) is 3.88. The number of anilines is 1. The number of allylic oxidation sites excluding steroid dienone is 1. The number of hydrogen-bond acceptors (Lipinski definition) is 5. The average molecular weight is 405 g/mol. The zero-order valence-corrected chi connectivity index (χ0v) is 16.8. The summed E-state index contributed by atoms with van der Waals surface area (Å²) in [6.45, 7) is 1.75. The Labute approximate surface area is 174 Å². The lowest BCUT2D eigenvalue weighted by Gasteiger charge is -2.40. The predicted octanol–water partition coefficient (Wildman–Crippen LogP) is 3.54. The van der Waals surface area contributed by atoms with Crippen LogP contribution in [-0.4, -0.2) is 29.3 Å². The van der Waals surface area contributed by atoms with Crippen LogP contribution in [0, 0.1) is 0 Å². The van der Waals surface area contributed by atoms with Gasteiger partial charge < -0.3 is 24.7 Å². The Kier molecular flexibility index (Phi) is 5.30. The van der Waals surface area contributed by atoms with Crippen LogP contribution >= 0.6 is 0 Å². The molecule has 1 amide bonds. The van der Waals surface area contributed by atoms with Crippen molar-refractivity contribution in [2.45, 2.75) is 25.2 Å². The maximum atomic E-state index is 12.6. The monoisotopic (exact) mass is 405 g/mol. The lowest BCUT2D eigenvalue weighted by atomic mass is 9.77. The molecule has 4 rings (SSSR count). The second-order valence-corrected chi connectivity index (χ2v) is 7.29. The van der Waals surface area contributed by atoms with E-state index in [1.54, 1.807) is 30.3 Å². The highest BCUT2D eigenvalue weighted by Crippen LogP contribution is 2.42. The Bertz CT molecular complexity index is 1100. The summed E-state index contributed by atoms with van der Waals surface area (Å²) < 4.78 is 11.0. The first kappa shape index (κ1) is 20.1. The van der Waals surface area contributed by atoms with Crippen LogP contribution in [0.3, 0.4) is 0 Å². The lowest BCUT2D eigenvalue weighted by molar-refractivity contribution is -0.142. The Balaban J connectivity index is 1.82. The van der Waals surface area contributed by atoms with Gasteiger partial charge in [0.05, 0.1) is 0 Å². The second-order valence-electron chi connectivity index (χ2n) is 7.29. The van der Waals surface area contributed by atoms with Crippen LogP contribution in [0.15, 0.2) is 65.1 Å². The Morgan fingerprint density at radius 1 is 1.20 bits per heavy atom. The fourth-order valence-electron chi connectivity index (χ4n) is 3.88. The van der Waals surface area contributed by atoms with Crippen molar-refractivity contribution in [3.63, 3.8) is 0 Å². The summed E-state index contributed by atoms with van der Waals surface area (Å²) in [5, 5.41) is 23.8. The third kappa shape index (κ3) is 3.35. The van der Waals surface area contributed by atoms with Gasteiger partial charge in [-0.2, -0.15) is 0 Å². The van der Waals surface area contributed by atoms with E-state index in [1.165, 1.54) is 7.11 Å². The van der Waals surface area contributed by atoms with Crippen LogP contribution in [0.4, 0.5) is 5.69 Å². The largest absolute Gasteiger partial charge is 0.459 e. The van der Waals surface area contributed by atoms with Gasteiger partial charge in [0.1, 0.15) is 18.1 Å². The average Bonchev–Trinajstić information content (AvgIpc) is 3.25. The van der Waals surface area contributed by atoms with Crippen LogP contribution in [-0.2, 0) is 21.7 Å². The molecule has 1 aromatic heterocycles. The van der Waals surface area contributed by atoms with Crippen LogP contribution in [0.25, 0.3) is 11.6 Å². The molecule has 2 atom stereocenters. The van der Waals surface area contributed by atoms with Crippen molar-refractivity contribution < 1.29 is 24.2 Å². The first-order valence-corrected chi connectivity index (χ1v) is 9.61. The minimum absolute atomic E-state index is 0.158. The van der Waals surface area contributed by atoms with E-state index in [2.05, 4.69) is 5.32 Å². The summed E-state index contributed by atoms with van der Waals surface area (Å²) in [5.41, 5.74) is 1.71. The molecular weight excluding hydrogens is 382 g/mol. The molecule has 154 valence electrons. The van der Waals surface area contributed by atoms with Crippen LogP contribution < -0.4 is 5.32 Å². The van der Waals surface area contributed by atoms with E-state index in [0.717, 1.165) is 11.1 Å². The highest BCUT2D eigenvalue weighted by molar-refractivity contribution is 6.00. The predicted molar refractivity (Wildman–Crippen MR) is 113 cm³/mol. The topological polar surface area (TPSA) is 91.9 Å². The third-order valence-electron chi connectivity index (χ3n) is 5.37. The Morgan fingerprint density at radius 3 is 2.63 bits per heavy atom. The number of methoxy groups -OCH3 is 1. The standard InChI is InChI=1S/C24H23NO5/c1-15(21-11-9-18(14-26)30-21)12-16-8-10-20-19(13-16)24(28,17-6-4-3-5-7-17)22(29-2)23(27)25-20/h3-13,22,26,28H,14H2,1-2H3,(H,25,27)/b15-12+. The normalized spacial score (nSPS) is 21.3. The first-order valence-electron chi connectivity index (χ1n) is 9.61. The van der Waals surface area contributed by atoms with E-state index >= 15 is 0 Å². The smallest absolute Gasteiger partial charge is 0.257 e. The number of aliphatic hydroxyl groups is 2. The van der Waals surface area contributed by atoms with Gasteiger partial charge in [0.15, 0.2) is 11.7 Å². The van der Waals surface area contributed by atoms with E-state index in [1.807, 2.05) is 43.3 Å². The summed E-state index contributed by atoms with van der Waals surface area (Å²) >= 11 is 0. The molecule has 1 aliphatic rings. The first-order chi connectivity index (χ1) is 14.5. The number of carbonyl (C=O) groups excluding carboxylic acids is 1. The number of ether oxygens (including phenoxy) is 1. The van der Waals surface area contributed by atoms with E-state index < -0.39 is 17.6 Å². The molecule has 3 aromatic rings. The van der Waals surface area contributed by atoms with Gasteiger partial charge in [-0.25, -0.2) is 0 Å². The van der Waals surface area contributed by atoms with Gasteiger partial charge in [-0.3, -0.25) is 4.79 Å². The highest BCUT2D eigenvalue weighted by atomic mass is 16.5. The van der Waals surface area contributed by atoms with Crippen molar-refractivity contribution in [1.82, 2.24) is 0 Å². The number of furan rings is 1. The van der Waals surface area contributed by atoms with Gasteiger partial charge >= 0.3 is 0 Å². The van der Waals surface area contributed by atoms with Gasteiger partial charge in [0.2, 0.25) is 0 Å². The maximum Gasteiger partial charge on any atom is 0.257 e. The number of carbonyl (C=O) groups is 1. The molecule has 0 radical (unpaired) electrons. The van der Waals surface area contributed by atoms with Gasteiger partial charge in [0, 0.05) is 18.4 Å². The zero-order chi connectivity index (χ0) is 21.3. The number of rotatable bonds is 5. The molecule has 3 N–H and O–H groups in total. The molecule has 2 aromatic carbocycles. The number of amides is 1. The number of aliphatic hydroxyl groups excluding tert-OH is 1. The summed E-state index contributed by atoms with van der Waals surface area (Å²) in [6.07, 6.45) is 0.828. The van der Waals surface area contributed by atoms with Crippen LogP contribution in [0.1, 0.15) is 35.1 Å². The van der Waals surface area contributed by atoms with E-state index in [0.29, 0.717) is 28.3 Å². The van der Waals surface area contributed by atoms with Gasteiger partial charge in [-0.15, -0.1) is 0 Å². The van der Waals surface area contributed by atoms with E-state index in [4.69, 9.17) is 9.15 Å². The highest BCUT2D eigenvalue weighted by Gasteiger charge is 2.49. The van der Waals surface area contributed by atoms with Crippen molar-refractivity contribution in [3.8, 4) is 0 Å². The van der Waals surface area contributed by atoms with E-state index in [-0.39, 0.29) is 6.61 Å². The molecule has 0 saturated carbocycles. The lowest BCUT2D eigenvalue weighted by Crippen LogP contribution is -2.52. The SMILES string of the molecule is COC1C(=O)Nc2ccc(/C=C(\C)c3ccc(CO)o3)cc2C1(O)c1ccccc1. The fraction of sp³-hybridized carbons (Fsp3) is 0.208. The van der Waals surface area contributed by atoms with Crippen molar-refractivity contribution in [1.29, 1.82) is 0 Å². The maximum absolute atomic E-state index is 12.6. The van der Waals surface area contributed by atoms with Crippen LogP contribution in [0.5, 0.6) is 0 Å². The molecular formula is C24H23NO5. The molecule has 0 spiro atoms. The third-order valence-corrected chi connectivity index (χ3v) is 5.37. The Hall–Kier alpha value is -3.19. The summed E-state index contributed by atoms with van der Waals surface area (Å²) in [4.78, 5) is 12.6. The minimum Gasteiger partial charge on any atom is -0.459 e. The molecule has 1 aliphatic heterocycles. The molecule has 2 heterocycles. The number of hydrogen-bond donors (Lipinski definition) is 3. The summed E-state index contributed by atoms with van der Waals surface area (Å²) in [6, 6.07) is 18.0. The summed E-state index contributed by atoms with van der Waals surface area (Å²) in [7, 11) is 1.41. The molecule has 0 bridgehead atoms. The van der Waals surface area contributed by atoms with Gasteiger partial charge in [-0.05, 0) is 54.0 Å². The van der Waals surface area contributed by atoms with Gasteiger partial charge in [-0.1, -0.05) is 36.4 Å². The minimum atomic E-state index is -1.64. The molecule has 2 unspecified atom stereocenters. The second kappa shape index (κ2) is 7.91. The van der Waals surface area contributed by atoms with E-state index in [9.17, 15) is 15.0 Å². The molecule has 0 fully saturated rings. The number of fused-ring (bicyclic) bond motifs is 1. The molecule has 0 saturated heterocycles. The molecule has 6 heteroatoms. The van der Waals surface area contributed by atoms with Crippen molar-refractivity contribution >= 4 is 23.2 Å². The molecule has 0 aliphatic carbocycles. The molecule has 6 nitrogen and oxygen atoms in total. The number of nitrogens with one attached hydrogen (secondary N) is 1. The quantitative estimate of drug-likeness (QED) is 0.604.